The van der Waals surface area contributed by atoms with Crippen LogP contribution in [0.1, 0.15) is 15.9 Å². The lowest BCUT2D eigenvalue weighted by Gasteiger charge is -2.06. The Morgan fingerprint density at radius 1 is 0.824 bits per heavy atom. The highest BCUT2D eigenvalue weighted by molar-refractivity contribution is 5.91. The molecule has 0 aromatic heterocycles. The van der Waals surface area contributed by atoms with Crippen molar-refractivity contribution in [3.8, 4) is 17.2 Å². The lowest BCUT2D eigenvalue weighted by atomic mass is 10.1. The third-order valence-corrected chi connectivity index (χ3v) is 4.91. The first-order chi connectivity index (χ1) is 16.6. The predicted molar refractivity (Wildman–Crippen MR) is 130 cm³/mol. The van der Waals surface area contributed by atoms with Crippen molar-refractivity contribution in [1.29, 1.82) is 0 Å². The SMILES string of the molecule is COc1ccc(C(=O)Oc2ccc(C=NNC(=O)COc3ccc4ccccc4c3)cc2)cc1. The van der Waals surface area contributed by atoms with E-state index in [0.717, 1.165) is 16.3 Å². The standard InChI is InChI=1S/C27H22N2O5/c1-32-23-13-9-21(10-14-23)27(31)34-24-11-6-19(7-12-24)17-28-29-26(30)18-33-25-15-8-20-4-2-3-5-22(20)16-25/h2-17H,18H2,1H3,(H,29,30). The van der Waals surface area contributed by atoms with Crippen LogP contribution in [0.3, 0.4) is 0 Å². The van der Waals surface area contributed by atoms with E-state index in [9.17, 15) is 9.59 Å². The van der Waals surface area contributed by atoms with Crippen molar-refractivity contribution < 1.29 is 23.8 Å². The van der Waals surface area contributed by atoms with Crippen LogP contribution in [-0.2, 0) is 4.79 Å². The molecule has 1 amide bonds. The van der Waals surface area contributed by atoms with Crippen LogP contribution in [0.4, 0.5) is 0 Å². The fourth-order valence-corrected chi connectivity index (χ4v) is 3.13. The number of esters is 1. The lowest BCUT2D eigenvalue weighted by Crippen LogP contribution is -2.24. The number of ether oxygens (including phenoxy) is 3. The van der Waals surface area contributed by atoms with Gasteiger partial charge in [-0.1, -0.05) is 30.3 Å². The average Bonchev–Trinajstić information content (AvgIpc) is 2.88. The maximum atomic E-state index is 12.2. The summed E-state index contributed by atoms with van der Waals surface area (Å²) in [5, 5.41) is 6.07. The Labute approximate surface area is 196 Å². The van der Waals surface area contributed by atoms with Gasteiger partial charge in [-0.15, -0.1) is 0 Å². The van der Waals surface area contributed by atoms with E-state index in [1.54, 1.807) is 55.6 Å². The molecular weight excluding hydrogens is 432 g/mol. The van der Waals surface area contributed by atoms with Crippen LogP contribution in [0.15, 0.2) is 96.1 Å². The number of fused-ring (bicyclic) bond motifs is 1. The largest absolute Gasteiger partial charge is 0.497 e. The van der Waals surface area contributed by atoms with E-state index < -0.39 is 5.97 Å². The Morgan fingerprint density at radius 2 is 1.50 bits per heavy atom. The minimum atomic E-state index is -0.470. The van der Waals surface area contributed by atoms with Gasteiger partial charge in [0.25, 0.3) is 5.91 Å². The van der Waals surface area contributed by atoms with Crippen LogP contribution in [0.25, 0.3) is 10.8 Å². The monoisotopic (exact) mass is 454 g/mol. The molecule has 4 aromatic carbocycles. The molecule has 0 radical (unpaired) electrons. The number of nitrogens with one attached hydrogen (secondary N) is 1. The number of amides is 1. The second kappa shape index (κ2) is 10.8. The topological polar surface area (TPSA) is 86.2 Å². The van der Waals surface area contributed by atoms with Crippen molar-refractivity contribution in [2.24, 2.45) is 5.10 Å². The quantitative estimate of drug-likeness (QED) is 0.182. The summed E-state index contributed by atoms with van der Waals surface area (Å²) >= 11 is 0. The summed E-state index contributed by atoms with van der Waals surface area (Å²) in [6.45, 7) is -0.157. The minimum Gasteiger partial charge on any atom is -0.497 e. The maximum absolute atomic E-state index is 12.2. The Bertz CT molecular complexity index is 1320. The van der Waals surface area contributed by atoms with E-state index in [-0.39, 0.29) is 12.5 Å². The van der Waals surface area contributed by atoms with Crippen LogP contribution < -0.4 is 19.6 Å². The highest BCUT2D eigenvalue weighted by Crippen LogP contribution is 2.20. The molecule has 0 spiro atoms. The van der Waals surface area contributed by atoms with E-state index in [4.69, 9.17) is 14.2 Å². The van der Waals surface area contributed by atoms with Crippen molar-refractivity contribution in [3.63, 3.8) is 0 Å². The third kappa shape index (κ3) is 5.98. The molecular formula is C27H22N2O5. The number of hydrazone groups is 1. The molecule has 0 saturated heterocycles. The molecule has 0 unspecified atom stereocenters. The highest BCUT2D eigenvalue weighted by Gasteiger charge is 2.08. The summed E-state index contributed by atoms with van der Waals surface area (Å²) < 4.78 is 16.0. The summed E-state index contributed by atoms with van der Waals surface area (Å²) in [5.74, 6) is 0.813. The lowest BCUT2D eigenvalue weighted by molar-refractivity contribution is -0.123. The van der Waals surface area contributed by atoms with Crippen molar-refractivity contribution in [2.45, 2.75) is 0 Å². The first-order valence-corrected chi connectivity index (χ1v) is 10.5. The molecule has 0 aliphatic rings. The van der Waals surface area contributed by atoms with E-state index in [1.807, 2.05) is 42.5 Å². The van der Waals surface area contributed by atoms with E-state index >= 15 is 0 Å². The number of nitrogens with zero attached hydrogens (tertiary/aromatic N) is 1. The number of hydrogen-bond donors (Lipinski definition) is 1. The van der Waals surface area contributed by atoms with Crippen molar-refractivity contribution in [3.05, 3.63) is 102 Å². The second-order valence-electron chi connectivity index (χ2n) is 7.28. The van der Waals surface area contributed by atoms with Crippen LogP contribution in [0.5, 0.6) is 17.2 Å². The number of methoxy groups -OCH3 is 1. The molecule has 4 rings (SSSR count). The van der Waals surface area contributed by atoms with Gasteiger partial charge in [0.2, 0.25) is 0 Å². The zero-order valence-corrected chi connectivity index (χ0v) is 18.4. The molecule has 4 aromatic rings. The van der Waals surface area contributed by atoms with E-state index in [1.165, 1.54) is 6.21 Å². The second-order valence-corrected chi connectivity index (χ2v) is 7.28. The molecule has 7 nitrogen and oxygen atoms in total. The number of carbonyl (C=O) groups excluding carboxylic acids is 2. The van der Waals surface area contributed by atoms with Gasteiger partial charge in [0.15, 0.2) is 6.61 Å². The first kappa shape index (κ1) is 22.5. The molecule has 7 heteroatoms. The summed E-state index contributed by atoms with van der Waals surface area (Å²) in [6.07, 6.45) is 1.49. The third-order valence-electron chi connectivity index (χ3n) is 4.91. The summed E-state index contributed by atoms with van der Waals surface area (Å²) in [4.78, 5) is 24.2. The number of hydrogen-bond acceptors (Lipinski definition) is 6. The Kier molecular flexibility index (Phi) is 7.15. The molecule has 1 N–H and O–H groups in total. The summed E-state index contributed by atoms with van der Waals surface area (Å²) in [7, 11) is 1.56. The molecule has 170 valence electrons. The minimum absolute atomic E-state index is 0.157. The van der Waals surface area contributed by atoms with Gasteiger partial charge < -0.3 is 14.2 Å². The van der Waals surface area contributed by atoms with Gasteiger partial charge in [0.05, 0.1) is 18.9 Å². The van der Waals surface area contributed by atoms with Crippen LogP contribution >= 0.6 is 0 Å². The fourth-order valence-electron chi connectivity index (χ4n) is 3.13. The van der Waals surface area contributed by atoms with Gasteiger partial charge in [0.1, 0.15) is 17.2 Å². The van der Waals surface area contributed by atoms with Gasteiger partial charge >= 0.3 is 5.97 Å². The van der Waals surface area contributed by atoms with Gasteiger partial charge in [0, 0.05) is 0 Å². The van der Waals surface area contributed by atoms with Crippen LogP contribution in [0, 0.1) is 0 Å². The Hall–Kier alpha value is -4.65. The molecule has 0 heterocycles. The first-order valence-electron chi connectivity index (χ1n) is 10.5. The molecule has 34 heavy (non-hydrogen) atoms. The molecule has 0 fully saturated rings. The van der Waals surface area contributed by atoms with Gasteiger partial charge in [-0.25, -0.2) is 10.2 Å². The normalized spacial score (nSPS) is 10.7. The Morgan fingerprint density at radius 3 is 2.24 bits per heavy atom. The molecule has 0 bridgehead atoms. The number of carbonyl (C=O) groups is 2. The smallest absolute Gasteiger partial charge is 0.343 e. The van der Waals surface area contributed by atoms with Crippen molar-refractivity contribution in [1.82, 2.24) is 5.43 Å². The predicted octanol–water partition coefficient (Wildman–Crippen LogP) is 4.60. The zero-order valence-electron chi connectivity index (χ0n) is 18.4. The fraction of sp³-hybridized carbons (Fsp3) is 0.0741. The van der Waals surface area contributed by atoms with Crippen LogP contribution in [-0.4, -0.2) is 31.8 Å². The van der Waals surface area contributed by atoms with Gasteiger partial charge in [-0.2, -0.15) is 5.10 Å². The molecule has 0 aliphatic heterocycles. The summed E-state index contributed by atoms with van der Waals surface area (Å²) in [5.41, 5.74) is 3.57. The van der Waals surface area contributed by atoms with E-state index in [2.05, 4.69) is 10.5 Å². The average molecular weight is 454 g/mol. The summed E-state index contributed by atoms with van der Waals surface area (Å²) in [6, 6.07) is 26.9. The Balaban J connectivity index is 1.24. The highest BCUT2D eigenvalue weighted by atomic mass is 16.5. The molecule has 0 saturated carbocycles. The number of rotatable bonds is 8. The number of benzene rings is 4. The van der Waals surface area contributed by atoms with E-state index in [0.29, 0.717) is 22.8 Å². The van der Waals surface area contributed by atoms with Crippen molar-refractivity contribution >= 4 is 28.9 Å². The zero-order chi connectivity index (χ0) is 23.8. The van der Waals surface area contributed by atoms with Crippen LogP contribution in [0.2, 0.25) is 0 Å². The molecule has 0 aliphatic carbocycles. The molecule has 0 atom stereocenters. The maximum Gasteiger partial charge on any atom is 0.343 e. The van der Waals surface area contributed by atoms with Gasteiger partial charge in [-0.3, -0.25) is 4.79 Å². The van der Waals surface area contributed by atoms with Crippen molar-refractivity contribution in [2.75, 3.05) is 13.7 Å². The van der Waals surface area contributed by atoms with Gasteiger partial charge in [-0.05, 0) is 77.0 Å².